The first-order valence-corrected chi connectivity index (χ1v) is 6.09. The summed E-state index contributed by atoms with van der Waals surface area (Å²) in [5, 5.41) is 2.84. The molecule has 0 saturated carbocycles. The maximum absolute atomic E-state index is 12.2. The fourth-order valence-electron chi connectivity index (χ4n) is 2.08. The van der Waals surface area contributed by atoms with Gasteiger partial charge in [0.25, 0.3) is 5.91 Å². The molecule has 0 bridgehead atoms. The van der Waals surface area contributed by atoms with Crippen molar-refractivity contribution >= 4 is 17.4 Å². The number of hydrogen-bond acceptors (Lipinski definition) is 3. The highest BCUT2D eigenvalue weighted by Crippen LogP contribution is 2.18. The van der Waals surface area contributed by atoms with E-state index in [9.17, 15) is 4.79 Å². The molecular weight excluding hydrogens is 238 g/mol. The van der Waals surface area contributed by atoms with Gasteiger partial charge in [0.1, 0.15) is 5.82 Å². The van der Waals surface area contributed by atoms with E-state index >= 15 is 0 Å². The van der Waals surface area contributed by atoms with Gasteiger partial charge in [-0.05, 0) is 50.1 Å². The molecule has 1 aromatic carbocycles. The van der Waals surface area contributed by atoms with Crippen LogP contribution in [0.3, 0.4) is 0 Å². The minimum atomic E-state index is -0.229. The summed E-state index contributed by atoms with van der Waals surface area (Å²) in [6.45, 7) is 5.69. The van der Waals surface area contributed by atoms with E-state index in [2.05, 4.69) is 10.3 Å². The largest absolute Gasteiger partial charge is 0.383 e. The van der Waals surface area contributed by atoms with Crippen LogP contribution in [-0.2, 0) is 0 Å². The van der Waals surface area contributed by atoms with Crippen LogP contribution in [0.25, 0.3) is 0 Å². The number of carbonyl (C=O) groups excluding carboxylic acids is 1. The van der Waals surface area contributed by atoms with Crippen molar-refractivity contribution in [3.63, 3.8) is 0 Å². The number of nitrogens with zero attached hydrogens (tertiary/aromatic N) is 1. The van der Waals surface area contributed by atoms with Crippen LogP contribution >= 0.6 is 0 Å². The molecule has 3 N–H and O–H groups in total. The Balaban J connectivity index is 2.31. The van der Waals surface area contributed by atoms with Crippen LogP contribution < -0.4 is 11.1 Å². The highest BCUT2D eigenvalue weighted by atomic mass is 16.1. The first-order valence-electron chi connectivity index (χ1n) is 6.09. The molecule has 0 unspecified atom stereocenters. The van der Waals surface area contributed by atoms with Crippen LogP contribution in [0, 0.1) is 20.8 Å². The van der Waals surface area contributed by atoms with E-state index in [1.165, 1.54) is 0 Å². The predicted molar refractivity (Wildman–Crippen MR) is 77.3 cm³/mol. The predicted octanol–water partition coefficient (Wildman–Crippen LogP) is 2.84. The summed E-state index contributed by atoms with van der Waals surface area (Å²) in [5.41, 5.74) is 9.75. The van der Waals surface area contributed by atoms with Gasteiger partial charge in [-0.2, -0.15) is 0 Å². The number of nitrogens with two attached hydrogens (primary N) is 1. The Kier molecular flexibility index (Phi) is 3.51. The fourth-order valence-corrected chi connectivity index (χ4v) is 2.08. The third-order valence-corrected chi connectivity index (χ3v) is 2.88. The molecule has 4 heteroatoms. The fraction of sp³-hybridized carbons (Fsp3) is 0.200. The van der Waals surface area contributed by atoms with Crippen molar-refractivity contribution in [1.82, 2.24) is 4.98 Å². The molecule has 2 aromatic rings. The summed E-state index contributed by atoms with van der Waals surface area (Å²) >= 11 is 0. The van der Waals surface area contributed by atoms with Crippen molar-refractivity contribution in [2.45, 2.75) is 20.8 Å². The van der Waals surface area contributed by atoms with Gasteiger partial charge >= 0.3 is 0 Å². The molecule has 4 nitrogen and oxygen atoms in total. The van der Waals surface area contributed by atoms with Gasteiger partial charge in [-0.3, -0.25) is 4.79 Å². The van der Waals surface area contributed by atoms with Gasteiger partial charge in [-0.15, -0.1) is 0 Å². The minimum absolute atomic E-state index is 0.229. The molecule has 0 fully saturated rings. The Hall–Kier alpha value is -2.36. The molecule has 1 amide bonds. The minimum Gasteiger partial charge on any atom is -0.383 e. The van der Waals surface area contributed by atoms with Crippen molar-refractivity contribution in [1.29, 1.82) is 0 Å². The SMILES string of the molecule is Cc1cccc(NC(=O)c2c(C)cc(C)nc2N)c1. The van der Waals surface area contributed by atoms with Crippen LogP contribution in [0.1, 0.15) is 27.2 Å². The van der Waals surface area contributed by atoms with Crippen LogP contribution in [0.2, 0.25) is 0 Å². The van der Waals surface area contributed by atoms with Crippen molar-refractivity contribution < 1.29 is 4.79 Å². The Bertz CT molecular complexity index is 612. The Morgan fingerprint density at radius 2 is 1.95 bits per heavy atom. The first kappa shape index (κ1) is 13.1. The number of nitrogen functional groups attached to an aromatic ring is 1. The number of anilines is 2. The van der Waals surface area contributed by atoms with Crippen LogP contribution in [-0.4, -0.2) is 10.9 Å². The maximum Gasteiger partial charge on any atom is 0.259 e. The zero-order valence-corrected chi connectivity index (χ0v) is 11.3. The van der Waals surface area contributed by atoms with Gasteiger partial charge in [0, 0.05) is 11.4 Å². The van der Waals surface area contributed by atoms with Crippen LogP contribution in [0.15, 0.2) is 30.3 Å². The number of nitrogens with one attached hydrogen (secondary N) is 1. The lowest BCUT2D eigenvalue weighted by atomic mass is 10.1. The second kappa shape index (κ2) is 5.10. The lowest BCUT2D eigenvalue weighted by molar-refractivity contribution is 0.102. The van der Waals surface area contributed by atoms with Crippen LogP contribution in [0.5, 0.6) is 0 Å². The third-order valence-electron chi connectivity index (χ3n) is 2.88. The summed E-state index contributed by atoms with van der Waals surface area (Å²) < 4.78 is 0. The third kappa shape index (κ3) is 2.91. The van der Waals surface area contributed by atoms with Gasteiger partial charge in [0.2, 0.25) is 0 Å². The number of aromatic nitrogens is 1. The zero-order valence-electron chi connectivity index (χ0n) is 11.3. The molecule has 0 aliphatic rings. The summed E-state index contributed by atoms with van der Waals surface area (Å²) in [5.74, 6) is 0.0377. The summed E-state index contributed by atoms with van der Waals surface area (Å²) in [6, 6.07) is 9.47. The summed E-state index contributed by atoms with van der Waals surface area (Å²) in [7, 11) is 0. The normalized spacial score (nSPS) is 10.3. The van der Waals surface area contributed by atoms with E-state index in [1.807, 2.05) is 51.1 Å². The summed E-state index contributed by atoms with van der Waals surface area (Å²) in [4.78, 5) is 16.4. The Morgan fingerprint density at radius 1 is 1.21 bits per heavy atom. The molecule has 0 aliphatic carbocycles. The monoisotopic (exact) mass is 255 g/mol. The molecule has 0 atom stereocenters. The van der Waals surface area contributed by atoms with Gasteiger partial charge < -0.3 is 11.1 Å². The van der Waals surface area contributed by atoms with Gasteiger partial charge in [0.15, 0.2) is 0 Å². The molecule has 19 heavy (non-hydrogen) atoms. The van der Waals surface area contributed by atoms with E-state index in [0.717, 1.165) is 22.5 Å². The van der Waals surface area contributed by atoms with Crippen molar-refractivity contribution in [2.24, 2.45) is 0 Å². The van der Waals surface area contributed by atoms with Gasteiger partial charge in [0.05, 0.1) is 5.56 Å². The molecule has 1 heterocycles. The average Bonchev–Trinajstić information content (AvgIpc) is 2.27. The lowest BCUT2D eigenvalue weighted by Crippen LogP contribution is -2.17. The number of rotatable bonds is 2. The number of amides is 1. The number of carbonyl (C=O) groups is 1. The standard InChI is InChI=1S/C15H17N3O/c1-9-5-4-6-12(7-9)18-15(19)13-10(2)8-11(3)17-14(13)16/h4-8H,1-3H3,(H2,16,17)(H,18,19). The molecule has 0 spiro atoms. The van der Waals surface area contributed by atoms with Crippen molar-refractivity contribution in [3.8, 4) is 0 Å². The van der Waals surface area contributed by atoms with Crippen molar-refractivity contribution in [3.05, 3.63) is 52.7 Å². The lowest BCUT2D eigenvalue weighted by Gasteiger charge is -2.11. The second-order valence-electron chi connectivity index (χ2n) is 4.66. The number of aryl methyl sites for hydroxylation is 3. The number of pyridine rings is 1. The molecular formula is C15H17N3O. The first-order chi connectivity index (χ1) is 8.97. The van der Waals surface area contributed by atoms with E-state index in [1.54, 1.807) is 0 Å². The topological polar surface area (TPSA) is 68.0 Å². The Labute approximate surface area is 112 Å². The van der Waals surface area contributed by atoms with E-state index in [0.29, 0.717) is 5.56 Å². The maximum atomic E-state index is 12.2. The van der Waals surface area contributed by atoms with E-state index < -0.39 is 0 Å². The molecule has 98 valence electrons. The van der Waals surface area contributed by atoms with Gasteiger partial charge in [-0.1, -0.05) is 12.1 Å². The van der Waals surface area contributed by atoms with Crippen LogP contribution in [0.4, 0.5) is 11.5 Å². The smallest absolute Gasteiger partial charge is 0.259 e. The quantitative estimate of drug-likeness (QED) is 0.867. The van der Waals surface area contributed by atoms with Crippen molar-refractivity contribution in [2.75, 3.05) is 11.1 Å². The van der Waals surface area contributed by atoms with E-state index in [-0.39, 0.29) is 11.7 Å². The average molecular weight is 255 g/mol. The number of benzene rings is 1. The molecule has 0 radical (unpaired) electrons. The zero-order chi connectivity index (χ0) is 14.0. The molecule has 0 saturated heterocycles. The molecule has 2 rings (SSSR count). The second-order valence-corrected chi connectivity index (χ2v) is 4.66. The highest BCUT2D eigenvalue weighted by Gasteiger charge is 2.14. The van der Waals surface area contributed by atoms with Gasteiger partial charge in [-0.25, -0.2) is 4.98 Å². The number of hydrogen-bond donors (Lipinski definition) is 2. The Morgan fingerprint density at radius 3 is 2.58 bits per heavy atom. The molecule has 0 aliphatic heterocycles. The highest BCUT2D eigenvalue weighted by molar-refractivity contribution is 6.08. The molecule has 1 aromatic heterocycles. The van der Waals surface area contributed by atoms with E-state index in [4.69, 9.17) is 5.73 Å². The summed E-state index contributed by atoms with van der Waals surface area (Å²) in [6.07, 6.45) is 0.